The SMILES string of the molecule is CNC1COCC1C(=O)N1C[C@@H](O)C[C@H]1C(=O)O. The molecule has 7 heteroatoms. The predicted octanol–water partition coefficient (Wildman–Crippen LogP) is -1.73. The predicted molar refractivity (Wildman–Crippen MR) is 60.9 cm³/mol. The number of β-amino-alcohol motifs (C(OH)–C–C–N with tert-alkyl or cyclic N) is 1. The zero-order chi connectivity index (χ0) is 13.3. The van der Waals surface area contributed by atoms with Gasteiger partial charge in [0.15, 0.2) is 0 Å². The van der Waals surface area contributed by atoms with Gasteiger partial charge in [0.2, 0.25) is 5.91 Å². The van der Waals surface area contributed by atoms with Crippen molar-refractivity contribution in [1.82, 2.24) is 10.2 Å². The van der Waals surface area contributed by atoms with Gasteiger partial charge in [0.05, 0.1) is 25.2 Å². The average Bonchev–Trinajstić information content (AvgIpc) is 2.93. The molecule has 2 rings (SSSR count). The smallest absolute Gasteiger partial charge is 0.326 e. The number of likely N-dealkylation sites (tertiary alicyclic amines) is 1. The fourth-order valence-electron chi connectivity index (χ4n) is 2.59. The van der Waals surface area contributed by atoms with E-state index in [1.165, 1.54) is 4.90 Å². The largest absolute Gasteiger partial charge is 0.480 e. The molecule has 4 atom stereocenters. The van der Waals surface area contributed by atoms with Crippen LogP contribution in [-0.4, -0.2) is 72.0 Å². The second-order valence-corrected chi connectivity index (χ2v) is 4.77. The van der Waals surface area contributed by atoms with Gasteiger partial charge in [-0.1, -0.05) is 0 Å². The van der Waals surface area contributed by atoms with Crippen molar-refractivity contribution in [1.29, 1.82) is 0 Å². The maximum absolute atomic E-state index is 12.3. The number of aliphatic hydroxyl groups excluding tert-OH is 1. The van der Waals surface area contributed by atoms with Crippen LogP contribution >= 0.6 is 0 Å². The molecular weight excluding hydrogens is 240 g/mol. The number of nitrogens with one attached hydrogen (secondary N) is 1. The summed E-state index contributed by atoms with van der Waals surface area (Å²) in [6.07, 6.45) is -0.663. The molecule has 0 spiro atoms. The van der Waals surface area contributed by atoms with E-state index in [1.54, 1.807) is 7.05 Å². The van der Waals surface area contributed by atoms with Gasteiger partial charge < -0.3 is 25.2 Å². The number of carbonyl (C=O) groups excluding carboxylic acids is 1. The van der Waals surface area contributed by atoms with Gasteiger partial charge in [-0.2, -0.15) is 0 Å². The number of carboxylic acids is 1. The normalized spacial score (nSPS) is 36.0. The first-order valence-electron chi connectivity index (χ1n) is 6.01. The van der Waals surface area contributed by atoms with E-state index in [9.17, 15) is 14.7 Å². The van der Waals surface area contributed by atoms with E-state index in [0.29, 0.717) is 13.2 Å². The highest BCUT2D eigenvalue weighted by Gasteiger charge is 2.44. The minimum atomic E-state index is -1.07. The Morgan fingerprint density at radius 1 is 1.39 bits per heavy atom. The van der Waals surface area contributed by atoms with Crippen molar-refractivity contribution in [2.24, 2.45) is 5.92 Å². The summed E-state index contributed by atoms with van der Waals surface area (Å²) >= 11 is 0. The molecule has 0 radical (unpaired) electrons. The number of aliphatic hydroxyl groups is 1. The molecule has 7 nitrogen and oxygen atoms in total. The summed E-state index contributed by atoms with van der Waals surface area (Å²) in [5.41, 5.74) is 0. The van der Waals surface area contributed by atoms with Crippen molar-refractivity contribution in [2.75, 3.05) is 26.8 Å². The Balaban J connectivity index is 2.10. The highest BCUT2D eigenvalue weighted by molar-refractivity contribution is 5.86. The number of rotatable bonds is 3. The molecule has 2 heterocycles. The quantitative estimate of drug-likeness (QED) is 0.556. The Labute approximate surface area is 105 Å². The van der Waals surface area contributed by atoms with E-state index in [2.05, 4.69) is 5.32 Å². The summed E-state index contributed by atoms with van der Waals surface area (Å²) in [7, 11) is 1.74. The molecule has 102 valence electrons. The van der Waals surface area contributed by atoms with Gasteiger partial charge in [-0.15, -0.1) is 0 Å². The summed E-state index contributed by atoms with van der Waals surface area (Å²) in [5.74, 6) is -1.70. The van der Waals surface area contributed by atoms with E-state index in [0.717, 1.165) is 0 Å². The van der Waals surface area contributed by atoms with Crippen molar-refractivity contribution in [2.45, 2.75) is 24.6 Å². The van der Waals surface area contributed by atoms with Crippen molar-refractivity contribution in [3.05, 3.63) is 0 Å². The van der Waals surface area contributed by atoms with Gasteiger partial charge in [-0.05, 0) is 7.05 Å². The van der Waals surface area contributed by atoms with Crippen LogP contribution in [0.1, 0.15) is 6.42 Å². The fourth-order valence-corrected chi connectivity index (χ4v) is 2.59. The Bertz CT molecular complexity index is 348. The number of hydrogen-bond donors (Lipinski definition) is 3. The molecule has 2 unspecified atom stereocenters. The lowest BCUT2D eigenvalue weighted by atomic mass is 10.0. The topological polar surface area (TPSA) is 99.1 Å². The number of carboxylic acid groups (broad SMARTS) is 1. The number of aliphatic carboxylic acids is 1. The Morgan fingerprint density at radius 3 is 2.72 bits per heavy atom. The summed E-state index contributed by atoms with van der Waals surface area (Å²) in [6.45, 7) is 0.826. The van der Waals surface area contributed by atoms with Gasteiger partial charge >= 0.3 is 5.97 Å². The third kappa shape index (κ3) is 2.33. The monoisotopic (exact) mass is 258 g/mol. The molecule has 0 aliphatic carbocycles. The molecule has 0 bridgehead atoms. The van der Waals surface area contributed by atoms with E-state index in [4.69, 9.17) is 9.84 Å². The third-order valence-corrected chi connectivity index (χ3v) is 3.62. The first kappa shape index (κ1) is 13.3. The maximum Gasteiger partial charge on any atom is 0.326 e. The highest BCUT2D eigenvalue weighted by Crippen LogP contribution is 2.24. The summed E-state index contributed by atoms with van der Waals surface area (Å²) in [4.78, 5) is 24.6. The molecule has 2 fully saturated rings. The Morgan fingerprint density at radius 2 is 2.11 bits per heavy atom. The van der Waals surface area contributed by atoms with Crippen LogP contribution in [0.2, 0.25) is 0 Å². The number of hydrogen-bond acceptors (Lipinski definition) is 5. The highest BCUT2D eigenvalue weighted by atomic mass is 16.5. The van der Waals surface area contributed by atoms with Crippen LogP contribution in [0.15, 0.2) is 0 Å². The molecule has 3 N–H and O–H groups in total. The summed E-state index contributed by atoms with van der Waals surface area (Å²) in [6, 6.07) is -1.02. The molecule has 0 saturated carbocycles. The minimum Gasteiger partial charge on any atom is -0.480 e. The van der Waals surface area contributed by atoms with Crippen LogP contribution in [0.5, 0.6) is 0 Å². The van der Waals surface area contributed by atoms with Crippen molar-refractivity contribution in [3.8, 4) is 0 Å². The van der Waals surface area contributed by atoms with Gasteiger partial charge in [-0.3, -0.25) is 4.79 Å². The lowest BCUT2D eigenvalue weighted by Crippen LogP contribution is -2.48. The fraction of sp³-hybridized carbons (Fsp3) is 0.818. The molecule has 0 aromatic rings. The van der Waals surface area contributed by atoms with E-state index in [-0.39, 0.29) is 30.8 Å². The van der Waals surface area contributed by atoms with E-state index in [1.807, 2.05) is 0 Å². The van der Waals surface area contributed by atoms with Gasteiger partial charge in [0.1, 0.15) is 6.04 Å². The lowest BCUT2D eigenvalue weighted by molar-refractivity contribution is -0.150. The number of nitrogens with zero attached hydrogens (tertiary/aromatic N) is 1. The molecule has 0 aromatic heterocycles. The minimum absolute atomic E-state index is 0.0860. The molecule has 2 saturated heterocycles. The van der Waals surface area contributed by atoms with Crippen molar-refractivity contribution in [3.63, 3.8) is 0 Å². The molecule has 2 aliphatic rings. The van der Waals surface area contributed by atoms with Crippen LogP contribution in [0.4, 0.5) is 0 Å². The molecular formula is C11H18N2O5. The van der Waals surface area contributed by atoms with Crippen molar-refractivity contribution < 1.29 is 24.5 Å². The lowest BCUT2D eigenvalue weighted by Gasteiger charge is -2.26. The van der Waals surface area contributed by atoms with E-state index >= 15 is 0 Å². The summed E-state index contributed by atoms with van der Waals surface area (Å²) in [5, 5.41) is 21.6. The standard InChI is InChI=1S/C11H18N2O5/c1-12-8-5-18-4-7(8)10(15)13-3-6(14)2-9(13)11(16)17/h6-9,12,14H,2-5H2,1H3,(H,16,17)/t6-,7?,8?,9-/m0/s1. The van der Waals surface area contributed by atoms with E-state index < -0.39 is 18.1 Å². The van der Waals surface area contributed by atoms with Crippen LogP contribution in [-0.2, 0) is 14.3 Å². The molecule has 18 heavy (non-hydrogen) atoms. The van der Waals surface area contributed by atoms with Crippen LogP contribution in [0.3, 0.4) is 0 Å². The van der Waals surface area contributed by atoms with Gasteiger partial charge in [0.25, 0.3) is 0 Å². The first-order chi connectivity index (χ1) is 8.54. The number of amides is 1. The first-order valence-corrected chi connectivity index (χ1v) is 6.01. The number of ether oxygens (including phenoxy) is 1. The van der Waals surface area contributed by atoms with Crippen LogP contribution in [0, 0.1) is 5.92 Å². The molecule has 1 amide bonds. The molecule has 2 aliphatic heterocycles. The maximum atomic E-state index is 12.3. The van der Waals surface area contributed by atoms with Crippen molar-refractivity contribution >= 4 is 11.9 Å². The second kappa shape index (κ2) is 5.21. The Hall–Kier alpha value is -1.18. The third-order valence-electron chi connectivity index (χ3n) is 3.62. The number of likely N-dealkylation sites (N-methyl/N-ethyl adjacent to an activating group) is 1. The van der Waals surface area contributed by atoms with Crippen LogP contribution < -0.4 is 5.32 Å². The number of carbonyl (C=O) groups is 2. The van der Waals surface area contributed by atoms with Gasteiger partial charge in [0, 0.05) is 19.0 Å². The Kier molecular flexibility index (Phi) is 3.84. The average molecular weight is 258 g/mol. The van der Waals surface area contributed by atoms with Crippen LogP contribution in [0.25, 0.3) is 0 Å². The zero-order valence-corrected chi connectivity index (χ0v) is 10.2. The van der Waals surface area contributed by atoms with Gasteiger partial charge in [-0.25, -0.2) is 4.79 Å². The zero-order valence-electron chi connectivity index (χ0n) is 10.2. The summed E-state index contributed by atoms with van der Waals surface area (Å²) < 4.78 is 5.24. The second-order valence-electron chi connectivity index (χ2n) is 4.77. The molecule has 0 aromatic carbocycles.